The zero-order valence-corrected chi connectivity index (χ0v) is 12.4. The van der Waals surface area contributed by atoms with E-state index in [2.05, 4.69) is 15.4 Å². The van der Waals surface area contributed by atoms with Crippen molar-refractivity contribution in [2.24, 2.45) is 0 Å². The van der Waals surface area contributed by atoms with E-state index in [0.717, 1.165) is 10.2 Å². The molecule has 0 atom stereocenters. The van der Waals surface area contributed by atoms with E-state index in [-0.39, 0.29) is 18.1 Å². The quantitative estimate of drug-likeness (QED) is 0.801. The minimum Gasteiger partial charge on any atom is -0.300 e. The van der Waals surface area contributed by atoms with Gasteiger partial charge in [0.1, 0.15) is 12.2 Å². The number of hydrogen-bond acceptors (Lipinski definition) is 4. The van der Waals surface area contributed by atoms with Crippen molar-refractivity contribution in [3.05, 3.63) is 41.7 Å². The Kier molecular flexibility index (Phi) is 3.84. The molecule has 0 aliphatic heterocycles. The number of thiazole rings is 1. The molecule has 0 spiro atoms. The Labute approximate surface area is 128 Å². The average molecular weight is 322 g/mol. The van der Waals surface area contributed by atoms with Crippen molar-refractivity contribution >= 4 is 32.6 Å². The van der Waals surface area contributed by atoms with Crippen molar-refractivity contribution < 1.29 is 13.6 Å². The maximum Gasteiger partial charge on any atom is 0.282 e. The molecule has 3 rings (SSSR count). The number of nitrogens with one attached hydrogen (secondary N) is 1. The van der Waals surface area contributed by atoms with E-state index < -0.39 is 6.43 Å². The first-order valence-corrected chi connectivity index (χ1v) is 7.32. The number of rotatable bonds is 4. The van der Waals surface area contributed by atoms with Gasteiger partial charge in [-0.05, 0) is 25.1 Å². The molecule has 0 bridgehead atoms. The molecule has 0 aliphatic carbocycles. The van der Waals surface area contributed by atoms with Gasteiger partial charge in [0.05, 0.1) is 10.2 Å². The number of alkyl halides is 2. The minimum absolute atomic E-state index is 0.130. The van der Waals surface area contributed by atoms with Gasteiger partial charge in [-0.15, -0.1) is 0 Å². The Hall–Kier alpha value is -2.35. The van der Waals surface area contributed by atoms with Crippen molar-refractivity contribution in [3.8, 4) is 0 Å². The van der Waals surface area contributed by atoms with E-state index in [9.17, 15) is 13.6 Å². The third-order valence-corrected chi connectivity index (χ3v) is 4.01. The van der Waals surface area contributed by atoms with Gasteiger partial charge >= 0.3 is 0 Å². The summed E-state index contributed by atoms with van der Waals surface area (Å²) in [6.07, 6.45) is -2.65. The summed E-state index contributed by atoms with van der Waals surface area (Å²) in [5.41, 5.74) is 0.984. The molecule has 8 heteroatoms. The average Bonchev–Trinajstić information content (AvgIpc) is 3.02. The Morgan fingerprint density at radius 1 is 1.41 bits per heavy atom. The lowest BCUT2D eigenvalue weighted by Gasteiger charge is -2.04. The molecule has 0 unspecified atom stereocenters. The second-order valence-electron chi connectivity index (χ2n) is 4.70. The molecule has 114 valence electrons. The largest absolute Gasteiger partial charge is 0.300 e. The number of hydrogen-bond donors (Lipinski definition) is 1. The number of para-hydroxylation sites is 1. The lowest BCUT2D eigenvalue weighted by atomic mass is 10.3. The molecule has 22 heavy (non-hydrogen) atoms. The summed E-state index contributed by atoms with van der Waals surface area (Å²) in [6.45, 7) is 1.50. The molecule has 2 aromatic heterocycles. The highest BCUT2D eigenvalue weighted by molar-refractivity contribution is 7.22. The van der Waals surface area contributed by atoms with Crippen molar-refractivity contribution in [3.63, 3.8) is 0 Å². The molecular weight excluding hydrogens is 310 g/mol. The molecule has 3 aromatic rings. The van der Waals surface area contributed by atoms with Crippen LogP contribution in [-0.4, -0.2) is 20.7 Å². The summed E-state index contributed by atoms with van der Waals surface area (Å²) < 4.78 is 27.4. The maximum absolute atomic E-state index is 12.6. The molecule has 0 radical (unpaired) electrons. The monoisotopic (exact) mass is 322 g/mol. The summed E-state index contributed by atoms with van der Waals surface area (Å²) in [4.78, 5) is 16.3. The normalized spacial score (nSPS) is 11.3. The standard InChI is InChI=1S/C14H12F2N4OS/c1-8-6-10(13(15)16)19-20(8)7-12(21)18-14-17-9-4-2-3-5-11(9)22-14/h2-6,13H,7H2,1H3,(H,17,18,21). The third-order valence-electron chi connectivity index (χ3n) is 3.06. The molecular formula is C14H12F2N4OS. The van der Waals surface area contributed by atoms with E-state index in [1.54, 1.807) is 6.92 Å². The fraction of sp³-hybridized carbons (Fsp3) is 0.214. The third kappa shape index (κ3) is 2.96. The van der Waals surface area contributed by atoms with Crippen LogP contribution in [0, 0.1) is 6.92 Å². The van der Waals surface area contributed by atoms with Crippen LogP contribution in [0.15, 0.2) is 30.3 Å². The number of aryl methyl sites for hydroxylation is 1. The van der Waals surface area contributed by atoms with E-state index in [0.29, 0.717) is 10.8 Å². The minimum atomic E-state index is -2.65. The van der Waals surface area contributed by atoms with Crippen molar-refractivity contribution in [1.29, 1.82) is 0 Å². The van der Waals surface area contributed by atoms with Crippen molar-refractivity contribution in [2.45, 2.75) is 19.9 Å². The van der Waals surface area contributed by atoms with Crippen LogP contribution in [0.5, 0.6) is 0 Å². The number of nitrogens with zero attached hydrogens (tertiary/aromatic N) is 3. The van der Waals surface area contributed by atoms with E-state index in [1.165, 1.54) is 22.1 Å². The molecule has 1 aromatic carbocycles. The number of fused-ring (bicyclic) bond motifs is 1. The molecule has 1 amide bonds. The molecule has 0 saturated heterocycles. The molecule has 2 heterocycles. The highest BCUT2D eigenvalue weighted by atomic mass is 32.1. The maximum atomic E-state index is 12.6. The first kappa shape index (κ1) is 14.6. The van der Waals surface area contributed by atoms with E-state index in [1.807, 2.05) is 24.3 Å². The predicted octanol–water partition coefficient (Wildman–Crippen LogP) is 3.38. The molecule has 0 fully saturated rings. The fourth-order valence-corrected chi connectivity index (χ4v) is 2.90. The number of carbonyl (C=O) groups is 1. The van der Waals surface area contributed by atoms with Crippen LogP contribution in [-0.2, 0) is 11.3 Å². The lowest BCUT2D eigenvalue weighted by Crippen LogP contribution is -2.20. The van der Waals surface area contributed by atoms with Gasteiger partial charge in [0, 0.05) is 5.69 Å². The summed E-state index contributed by atoms with van der Waals surface area (Å²) in [5, 5.41) is 6.87. The van der Waals surface area contributed by atoms with E-state index >= 15 is 0 Å². The second kappa shape index (κ2) is 5.80. The first-order chi connectivity index (χ1) is 10.5. The SMILES string of the molecule is Cc1cc(C(F)F)nn1CC(=O)Nc1nc2ccccc2s1. The summed E-state index contributed by atoms with van der Waals surface area (Å²) in [7, 11) is 0. The number of anilines is 1. The summed E-state index contributed by atoms with van der Waals surface area (Å²) in [6, 6.07) is 8.80. The topological polar surface area (TPSA) is 59.8 Å². The van der Waals surface area contributed by atoms with Crippen LogP contribution < -0.4 is 5.32 Å². The highest BCUT2D eigenvalue weighted by Crippen LogP contribution is 2.25. The van der Waals surface area contributed by atoms with Crippen LogP contribution in [0.25, 0.3) is 10.2 Å². The Balaban J connectivity index is 1.72. The second-order valence-corrected chi connectivity index (χ2v) is 5.73. The van der Waals surface area contributed by atoms with Crippen LogP contribution in [0.3, 0.4) is 0 Å². The number of carbonyl (C=O) groups excluding carboxylic acids is 1. The first-order valence-electron chi connectivity index (χ1n) is 6.51. The number of aromatic nitrogens is 3. The van der Waals surface area contributed by atoms with E-state index in [4.69, 9.17) is 0 Å². The zero-order valence-electron chi connectivity index (χ0n) is 11.6. The van der Waals surface area contributed by atoms with Gasteiger partial charge in [0.2, 0.25) is 5.91 Å². The van der Waals surface area contributed by atoms with Gasteiger partial charge in [-0.25, -0.2) is 13.8 Å². The van der Waals surface area contributed by atoms with Crippen molar-refractivity contribution in [1.82, 2.24) is 14.8 Å². The van der Waals surface area contributed by atoms with Crippen LogP contribution in [0.1, 0.15) is 17.8 Å². The van der Waals surface area contributed by atoms with Gasteiger partial charge in [0.15, 0.2) is 5.13 Å². The number of benzene rings is 1. The molecule has 1 N–H and O–H groups in total. The van der Waals surface area contributed by atoms with Gasteiger partial charge < -0.3 is 5.32 Å². The van der Waals surface area contributed by atoms with Crippen LogP contribution in [0.4, 0.5) is 13.9 Å². The Morgan fingerprint density at radius 2 is 2.18 bits per heavy atom. The highest BCUT2D eigenvalue weighted by Gasteiger charge is 2.15. The molecule has 5 nitrogen and oxygen atoms in total. The molecule has 0 saturated carbocycles. The van der Waals surface area contributed by atoms with Gasteiger partial charge in [0.25, 0.3) is 6.43 Å². The zero-order chi connectivity index (χ0) is 15.7. The summed E-state index contributed by atoms with van der Waals surface area (Å²) in [5.74, 6) is -0.355. The van der Waals surface area contributed by atoms with Crippen LogP contribution >= 0.6 is 11.3 Å². The van der Waals surface area contributed by atoms with Crippen LogP contribution in [0.2, 0.25) is 0 Å². The van der Waals surface area contributed by atoms with Crippen molar-refractivity contribution in [2.75, 3.05) is 5.32 Å². The fourth-order valence-electron chi connectivity index (χ4n) is 2.02. The lowest BCUT2D eigenvalue weighted by molar-refractivity contribution is -0.117. The predicted molar refractivity (Wildman–Crippen MR) is 80.2 cm³/mol. The van der Waals surface area contributed by atoms with Gasteiger partial charge in [-0.2, -0.15) is 5.10 Å². The number of halogens is 2. The molecule has 0 aliphatic rings. The summed E-state index contributed by atoms with van der Waals surface area (Å²) >= 11 is 1.36. The number of amides is 1. The Bertz CT molecular complexity index is 794. The van der Waals surface area contributed by atoms with Gasteiger partial charge in [-0.3, -0.25) is 9.48 Å². The van der Waals surface area contributed by atoms with Gasteiger partial charge in [-0.1, -0.05) is 23.5 Å². The smallest absolute Gasteiger partial charge is 0.282 e. The Morgan fingerprint density at radius 3 is 2.86 bits per heavy atom.